The first-order chi connectivity index (χ1) is 27.2. The molecule has 0 aliphatic rings. The third-order valence-corrected chi connectivity index (χ3v) is 11.7. The molecular formula is C51H32N2OS. The summed E-state index contributed by atoms with van der Waals surface area (Å²) in [5.74, 6) is 0. The van der Waals surface area contributed by atoms with Crippen LogP contribution in [0.25, 0.3) is 86.5 Å². The minimum Gasteiger partial charge on any atom is -0.456 e. The van der Waals surface area contributed by atoms with E-state index in [2.05, 4.69) is 187 Å². The maximum Gasteiger partial charge on any atom is 0.139 e. The third-order valence-electron chi connectivity index (χ3n) is 10.7. The van der Waals surface area contributed by atoms with Gasteiger partial charge in [-0.15, -0.1) is 11.3 Å². The highest BCUT2D eigenvalue weighted by Gasteiger charge is 2.25. The van der Waals surface area contributed by atoms with Gasteiger partial charge < -0.3 is 9.32 Å². The Bertz CT molecular complexity index is 3190. The Kier molecular flexibility index (Phi) is 7.35. The van der Waals surface area contributed by atoms with Crippen molar-refractivity contribution < 1.29 is 4.42 Å². The molecule has 0 saturated heterocycles. The van der Waals surface area contributed by atoms with Gasteiger partial charge in [0.15, 0.2) is 0 Å². The Morgan fingerprint density at radius 2 is 1.09 bits per heavy atom. The van der Waals surface area contributed by atoms with Crippen LogP contribution in [0.1, 0.15) is 0 Å². The number of furan rings is 1. The molecule has 258 valence electrons. The largest absolute Gasteiger partial charge is 0.456 e. The zero-order valence-electron chi connectivity index (χ0n) is 29.7. The second-order valence-corrected chi connectivity index (χ2v) is 15.0. The summed E-state index contributed by atoms with van der Waals surface area (Å²) in [6, 6.07) is 69.2. The van der Waals surface area contributed by atoms with Gasteiger partial charge in [0.05, 0.1) is 15.8 Å². The topological polar surface area (TPSA) is 29.3 Å². The van der Waals surface area contributed by atoms with Crippen LogP contribution < -0.4 is 4.90 Å². The van der Waals surface area contributed by atoms with Crippen LogP contribution in [0.2, 0.25) is 0 Å². The molecule has 9 aromatic carbocycles. The van der Waals surface area contributed by atoms with Gasteiger partial charge in [0.25, 0.3) is 0 Å². The zero-order valence-corrected chi connectivity index (χ0v) is 30.5. The molecule has 0 unspecified atom stereocenters. The van der Waals surface area contributed by atoms with Crippen LogP contribution in [0, 0.1) is 0 Å². The lowest BCUT2D eigenvalue weighted by molar-refractivity contribution is 0.669. The molecule has 0 amide bonds. The molecule has 11 rings (SSSR count). The molecule has 0 fully saturated rings. The molecule has 0 N–H and O–H groups in total. The van der Waals surface area contributed by atoms with Crippen molar-refractivity contribution >= 4 is 82.1 Å². The normalized spacial score (nSPS) is 11.6. The summed E-state index contributed by atoms with van der Waals surface area (Å²) in [5.41, 5.74) is 11.6. The maximum absolute atomic E-state index is 6.63. The van der Waals surface area contributed by atoms with Crippen molar-refractivity contribution in [2.75, 3.05) is 4.90 Å². The second-order valence-electron chi connectivity index (χ2n) is 13.9. The Morgan fingerprint density at radius 1 is 0.436 bits per heavy atom. The monoisotopic (exact) mass is 720 g/mol. The highest BCUT2D eigenvalue weighted by molar-refractivity contribution is 7.21. The molecular weight excluding hydrogens is 689 g/mol. The predicted molar refractivity (Wildman–Crippen MR) is 233 cm³/mol. The Labute approximate surface area is 322 Å². The molecule has 0 bridgehead atoms. The fourth-order valence-electron chi connectivity index (χ4n) is 8.03. The number of thiazole rings is 1. The Morgan fingerprint density at radius 3 is 1.93 bits per heavy atom. The number of benzene rings is 9. The second kappa shape index (κ2) is 12.8. The maximum atomic E-state index is 6.63. The summed E-state index contributed by atoms with van der Waals surface area (Å²) in [6.07, 6.45) is 0. The number of para-hydroxylation sites is 1. The zero-order chi connectivity index (χ0) is 36.3. The Balaban J connectivity index is 1.17. The van der Waals surface area contributed by atoms with Crippen molar-refractivity contribution in [2.24, 2.45) is 0 Å². The van der Waals surface area contributed by atoms with E-state index >= 15 is 0 Å². The number of aromatic nitrogens is 1. The number of nitrogens with zero attached hydrogens (tertiary/aromatic N) is 2. The van der Waals surface area contributed by atoms with Gasteiger partial charge in [-0.05, 0) is 80.2 Å². The molecule has 0 spiro atoms. The third kappa shape index (κ3) is 5.38. The van der Waals surface area contributed by atoms with Gasteiger partial charge in [0, 0.05) is 28.4 Å². The first-order valence-corrected chi connectivity index (χ1v) is 19.3. The number of anilines is 3. The van der Waals surface area contributed by atoms with Crippen molar-refractivity contribution in [1.29, 1.82) is 0 Å². The Hall–Kier alpha value is -7.01. The van der Waals surface area contributed by atoms with E-state index in [1.165, 1.54) is 43.8 Å². The molecule has 0 radical (unpaired) electrons. The molecule has 2 heterocycles. The minimum atomic E-state index is 0.845. The van der Waals surface area contributed by atoms with Gasteiger partial charge in [-0.3, -0.25) is 0 Å². The molecule has 3 nitrogen and oxygen atoms in total. The highest BCUT2D eigenvalue weighted by Crippen LogP contribution is 2.49. The number of hydrogen-bond donors (Lipinski definition) is 0. The summed E-state index contributed by atoms with van der Waals surface area (Å²) in [6.45, 7) is 0. The smallest absolute Gasteiger partial charge is 0.139 e. The first-order valence-electron chi connectivity index (χ1n) is 18.5. The van der Waals surface area contributed by atoms with Crippen LogP contribution in [0.5, 0.6) is 0 Å². The van der Waals surface area contributed by atoms with Crippen molar-refractivity contribution in [3.05, 3.63) is 194 Å². The molecule has 4 heteroatoms. The van der Waals surface area contributed by atoms with Gasteiger partial charge in [-0.25, -0.2) is 4.98 Å². The summed E-state index contributed by atoms with van der Waals surface area (Å²) in [7, 11) is 0. The fourth-order valence-corrected chi connectivity index (χ4v) is 9.03. The average molecular weight is 721 g/mol. The van der Waals surface area contributed by atoms with Crippen LogP contribution in [-0.4, -0.2) is 4.98 Å². The van der Waals surface area contributed by atoms with Gasteiger partial charge in [0.1, 0.15) is 21.7 Å². The van der Waals surface area contributed by atoms with Crippen LogP contribution in [0.15, 0.2) is 199 Å². The molecule has 55 heavy (non-hydrogen) atoms. The van der Waals surface area contributed by atoms with E-state index in [1.807, 2.05) is 12.1 Å². The van der Waals surface area contributed by atoms with E-state index in [9.17, 15) is 0 Å². The fraction of sp³-hybridized carbons (Fsp3) is 0. The molecule has 0 aliphatic heterocycles. The minimum absolute atomic E-state index is 0.845. The predicted octanol–water partition coefficient (Wildman–Crippen LogP) is 15.0. The van der Waals surface area contributed by atoms with Gasteiger partial charge in [-0.2, -0.15) is 0 Å². The lowest BCUT2D eigenvalue weighted by atomic mass is 9.97. The van der Waals surface area contributed by atoms with E-state index in [-0.39, 0.29) is 0 Å². The van der Waals surface area contributed by atoms with Crippen LogP contribution in [0.4, 0.5) is 17.1 Å². The van der Waals surface area contributed by atoms with E-state index in [4.69, 9.17) is 9.40 Å². The van der Waals surface area contributed by atoms with Gasteiger partial charge in [-0.1, -0.05) is 152 Å². The summed E-state index contributed by atoms with van der Waals surface area (Å²) in [5, 5.41) is 7.92. The molecule has 11 aromatic rings. The van der Waals surface area contributed by atoms with E-state index < -0.39 is 0 Å². The van der Waals surface area contributed by atoms with Crippen LogP contribution in [0.3, 0.4) is 0 Å². The molecule has 0 aliphatic carbocycles. The van der Waals surface area contributed by atoms with E-state index in [0.29, 0.717) is 0 Å². The standard InChI is InChI=1S/C51H32N2OS/c1-3-12-33(13-4-1)37-22-23-39-31-41(29-26-38(39)30-37)53(40-27-24-35(25-28-40)43-20-11-17-34-14-7-8-18-42(34)43)50-48-44-19-9-10-21-45(44)54-46(48)32-47-49(50)52-51(55-47)36-15-5-2-6-16-36/h1-32H. The number of fused-ring (bicyclic) bond motifs is 6. The quantitative estimate of drug-likeness (QED) is 0.171. The number of hydrogen-bond acceptors (Lipinski definition) is 4. The highest BCUT2D eigenvalue weighted by atomic mass is 32.1. The lowest BCUT2D eigenvalue weighted by Crippen LogP contribution is -2.11. The average Bonchev–Trinajstić information content (AvgIpc) is 3.86. The molecule has 2 aromatic heterocycles. The lowest BCUT2D eigenvalue weighted by Gasteiger charge is -2.27. The summed E-state index contributed by atoms with van der Waals surface area (Å²) >= 11 is 1.70. The number of rotatable bonds is 6. The first kappa shape index (κ1) is 31.5. The van der Waals surface area contributed by atoms with E-state index in [1.54, 1.807) is 11.3 Å². The van der Waals surface area contributed by atoms with Gasteiger partial charge >= 0.3 is 0 Å². The van der Waals surface area contributed by atoms with Crippen molar-refractivity contribution in [3.63, 3.8) is 0 Å². The summed E-state index contributed by atoms with van der Waals surface area (Å²) < 4.78 is 7.71. The van der Waals surface area contributed by atoms with Gasteiger partial charge in [0.2, 0.25) is 0 Å². The van der Waals surface area contributed by atoms with Crippen LogP contribution in [-0.2, 0) is 0 Å². The van der Waals surface area contributed by atoms with E-state index in [0.717, 1.165) is 59.8 Å². The van der Waals surface area contributed by atoms with Crippen LogP contribution >= 0.6 is 11.3 Å². The SMILES string of the molecule is c1ccc(-c2ccc3cc(N(c4ccc(-c5cccc6ccccc56)cc4)c4c5nc(-c6ccccc6)sc5cc5oc6ccccc6c45)ccc3c2)cc1. The molecule has 0 atom stereocenters. The van der Waals surface area contributed by atoms with Crippen molar-refractivity contribution in [3.8, 4) is 32.8 Å². The van der Waals surface area contributed by atoms with Crippen molar-refractivity contribution in [1.82, 2.24) is 4.98 Å². The van der Waals surface area contributed by atoms with Crippen molar-refractivity contribution in [2.45, 2.75) is 0 Å². The summed E-state index contributed by atoms with van der Waals surface area (Å²) in [4.78, 5) is 7.82. The molecule has 0 saturated carbocycles.